The molecule has 2 saturated carbocycles. The van der Waals surface area contributed by atoms with Crippen LogP contribution in [-0.2, 0) is 6.54 Å². The summed E-state index contributed by atoms with van der Waals surface area (Å²) in [6.07, 6.45) is -0.0598. The molecule has 3 aromatic heterocycles. The normalized spacial score (nSPS) is 22.5. The molecular weight excluding hydrogens is 555 g/mol. The molecule has 16 heteroatoms. The number of imidazole rings is 1. The van der Waals surface area contributed by atoms with Crippen LogP contribution in [0.3, 0.4) is 0 Å². The first-order valence-corrected chi connectivity index (χ1v) is 13.4. The van der Waals surface area contributed by atoms with E-state index in [4.69, 9.17) is 4.63 Å². The van der Waals surface area contributed by atoms with Gasteiger partial charge in [0, 0.05) is 38.4 Å². The molecule has 4 heterocycles. The van der Waals surface area contributed by atoms with Crippen molar-refractivity contribution < 1.29 is 36.2 Å². The molecule has 3 aromatic rings. The first kappa shape index (κ1) is 27.3. The lowest BCUT2D eigenvalue weighted by atomic mass is 9.81. The average Bonchev–Trinajstić information content (AvgIpc) is 3.48. The lowest BCUT2D eigenvalue weighted by Gasteiger charge is -2.34. The zero-order valence-electron chi connectivity index (χ0n) is 21.7. The van der Waals surface area contributed by atoms with E-state index in [1.54, 1.807) is 12.3 Å². The molecule has 220 valence electrons. The maximum absolute atomic E-state index is 14.0. The minimum absolute atomic E-state index is 0.0554. The Morgan fingerprint density at radius 2 is 1.95 bits per heavy atom. The largest absolute Gasteiger partial charge is 0.395 e. The van der Waals surface area contributed by atoms with Gasteiger partial charge in [0.2, 0.25) is 5.92 Å². The van der Waals surface area contributed by atoms with Crippen molar-refractivity contribution in [1.29, 1.82) is 0 Å². The lowest BCUT2D eigenvalue weighted by Crippen LogP contribution is -2.54. The molecule has 0 bridgehead atoms. The van der Waals surface area contributed by atoms with Crippen molar-refractivity contribution in [2.45, 2.75) is 69.1 Å². The number of nitrogens with zero attached hydrogens (tertiary/aromatic N) is 6. The van der Waals surface area contributed by atoms with Crippen LogP contribution in [0, 0.1) is 11.8 Å². The van der Waals surface area contributed by atoms with Crippen molar-refractivity contribution in [1.82, 2.24) is 40.4 Å². The number of amides is 3. The smallest absolute Gasteiger partial charge is 0.342 e. The fourth-order valence-electron chi connectivity index (χ4n) is 5.50. The molecule has 3 amide bonds. The third-order valence-electron chi connectivity index (χ3n) is 7.99. The van der Waals surface area contributed by atoms with Gasteiger partial charge in [-0.05, 0) is 48.4 Å². The van der Waals surface area contributed by atoms with Crippen molar-refractivity contribution in [3.63, 3.8) is 0 Å². The second-order valence-corrected chi connectivity index (χ2v) is 11.1. The molecule has 0 radical (unpaired) electrons. The molecule has 2 aliphatic carbocycles. The Labute approximate surface area is 229 Å². The molecule has 11 nitrogen and oxygen atoms in total. The Morgan fingerprint density at radius 3 is 2.66 bits per heavy atom. The number of halogens is 5. The van der Waals surface area contributed by atoms with Crippen LogP contribution in [0.25, 0.3) is 5.65 Å². The van der Waals surface area contributed by atoms with E-state index in [-0.39, 0.29) is 49.8 Å². The second kappa shape index (κ2) is 10.2. The predicted octanol–water partition coefficient (Wildman–Crippen LogP) is 3.99. The van der Waals surface area contributed by atoms with Gasteiger partial charge in [-0.15, -0.1) is 0 Å². The first-order chi connectivity index (χ1) is 19.5. The van der Waals surface area contributed by atoms with Crippen LogP contribution in [0.1, 0.15) is 77.9 Å². The van der Waals surface area contributed by atoms with E-state index < -0.39 is 49.1 Å². The van der Waals surface area contributed by atoms with Gasteiger partial charge in [-0.2, -0.15) is 18.3 Å². The highest BCUT2D eigenvalue weighted by molar-refractivity contribution is 5.93. The molecule has 3 aliphatic rings. The van der Waals surface area contributed by atoms with Gasteiger partial charge >= 0.3 is 12.2 Å². The number of fused-ring (bicyclic) bond motifs is 1. The van der Waals surface area contributed by atoms with Crippen molar-refractivity contribution in [2.75, 3.05) is 13.1 Å². The highest BCUT2D eigenvalue weighted by Crippen LogP contribution is 2.42. The molecule has 3 fully saturated rings. The number of rotatable bonds is 7. The van der Waals surface area contributed by atoms with Gasteiger partial charge in [-0.3, -0.25) is 4.79 Å². The van der Waals surface area contributed by atoms with Gasteiger partial charge < -0.3 is 15.5 Å². The van der Waals surface area contributed by atoms with E-state index in [9.17, 15) is 31.5 Å². The zero-order valence-corrected chi connectivity index (χ0v) is 21.7. The molecule has 0 spiro atoms. The molecule has 6 rings (SSSR count). The van der Waals surface area contributed by atoms with Crippen LogP contribution in [0.15, 0.2) is 23.1 Å². The van der Waals surface area contributed by atoms with Crippen LogP contribution in [0.5, 0.6) is 0 Å². The van der Waals surface area contributed by atoms with Crippen LogP contribution in [0.4, 0.5) is 26.7 Å². The Balaban J connectivity index is 1.24. The Bertz CT molecular complexity index is 1440. The number of nitrogens with one attached hydrogen (secondary N) is 2. The molecule has 1 saturated heterocycles. The molecule has 1 aliphatic heterocycles. The van der Waals surface area contributed by atoms with Crippen molar-refractivity contribution in [3.8, 4) is 0 Å². The predicted molar refractivity (Wildman–Crippen MR) is 130 cm³/mol. The Kier molecular flexibility index (Phi) is 6.80. The summed E-state index contributed by atoms with van der Waals surface area (Å²) in [5.74, 6) is -5.26. The van der Waals surface area contributed by atoms with E-state index in [0.717, 1.165) is 17.7 Å². The number of aromatic nitrogens is 5. The zero-order chi connectivity index (χ0) is 28.9. The highest BCUT2D eigenvalue weighted by atomic mass is 19.4. The van der Waals surface area contributed by atoms with Crippen LogP contribution in [0.2, 0.25) is 0 Å². The van der Waals surface area contributed by atoms with Crippen molar-refractivity contribution in [2.24, 2.45) is 11.8 Å². The SMILES string of the molecule is O=C(NC(c1cn2ncc(CN3C[C@H](C(F)(F)F)CNC3=O)cc2n1)C1CCC(F)(F)CC1)c1nonc1C1CC1. The van der Waals surface area contributed by atoms with E-state index in [2.05, 4.69) is 31.0 Å². The minimum atomic E-state index is -4.45. The molecular formula is C25H27F5N8O3. The summed E-state index contributed by atoms with van der Waals surface area (Å²) in [5.41, 5.74) is 1.68. The fraction of sp³-hybridized carbons (Fsp3) is 0.600. The average molecular weight is 583 g/mol. The first-order valence-electron chi connectivity index (χ1n) is 13.4. The number of carbonyl (C=O) groups excluding carboxylic acids is 2. The molecule has 2 atom stereocenters. The van der Waals surface area contributed by atoms with E-state index in [1.807, 2.05) is 0 Å². The van der Waals surface area contributed by atoms with Gasteiger partial charge in [0.15, 0.2) is 11.3 Å². The van der Waals surface area contributed by atoms with Gasteiger partial charge in [0.05, 0.1) is 30.0 Å². The van der Waals surface area contributed by atoms with Gasteiger partial charge in [0.1, 0.15) is 5.69 Å². The second-order valence-electron chi connectivity index (χ2n) is 11.1. The lowest BCUT2D eigenvalue weighted by molar-refractivity contribution is -0.178. The number of urea groups is 1. The summed E-state index contributed by atoms with van der Waals surface area (Å²) in [6.45, 7) is -1.09. The summed E-state index contributed by atoms with van der Waals surface area (Å²) in [6, 6.07) is 0.230. The molecule has 1 unspecified atom stereocenters. The third-order valence-corrected chi connectivity index (χ3v) is 7.99. The standard InChI is InChI=1S/C25H27F5N8O3/c26-24(27)5-3-15(4-6-24)19(34-22(39)21-20(14-1-2-14)35-41-36-21)17-12-38-18(33-17)7-13(8-32-38)10-37-11-16(25(28,29)30)9-31-23(37)40/h7-8,12,14-16,19H,1-6,9-11H2,(H,31,40)(H,34,39)/t16-,19?/m1/s1. The summed E-state index contributed by atoms with van der Waals surface area (Å²) in [5, 5.41) is 17.1. The van der Waals surface area contributed by atoms with E-state index in [0.29, 0.717) is 22.6 Å². The summed E-state index contributed by atoms with van der Waals surface area (Å²) in [4.78, 5) is 31.1. The third kappa shape index (κ3) is 5.81. The molecule has 0 aromatic carbocycles. The van der Waals surface area contributed by atoms with Gasteiger partial charge in [0.25, 0.3) is 5.91 Å². The quantitative estimate of drug-likeness (QED) is 0.403. The molecule has 41 heavy (non-hydrogen) atoms. The van der Waals surface area contributed by atoms with Crippen LogP contribution < -0.4 is 10.6 Å². The van der Waals surface area contributed by atoms with Crippen LogP contribution >= 0.6 is 0 Å². The van der Waals surface area contributed by atoms with Crippen molar-refractivity contribution >= 4 is 17.6 Å². The maximum atomic E-state index is 14.0. The number of carbonyl (C=O) groups is 2. The number of alkyl halides is 5. The Morgan fingerprint density at radius 1 is 1.20 bits per heavy atom. The molecule has 2 N–H and O–H groups in total. The summed E-state index contributed by atoms with van der Waals surface area (Å²) < 4.78 is 73.8. The summed E-state index contributed by atoms with van der Waals surface area (Å²) >= 11 is 0. The number of hydrogen-bond donors (Lipinski definition) is 2. The van der Waals surface area contributed by atoms with Crippen molar-refractivity contribution in [3.05, 3.63) is 41.1 Å². The van der Waals surface area contributed by atoms with E-state index >= 15 is 0 Å². The van der Waals surface area contributed by atoms with Gasteiger partial charge in [-0.25, -0.2) is 27.7 Å². The fourth-order valence-corrected chi connectivity index (χ4v) is 5.50. The number of hydrogen-bond acceptors (Lipinski definition) is 7. The van der Waals surface area contributed by atoms with Gasteiger partial charge in [-0.1, -0.05) is 5.16 Å². The monoisotopic (exact) mass is 582 g/mol. The minimum Gasteiger partial charge on any atom is -0.342 e. The summed E-state index contributed by atoms with van der Waals surface area (Å²) in [7, 11) is 0. The highest BCUT2D eigenvalue weighted by Gasteiger charge is 2.44. The maximum Gasteiger partial charge on any atom is 0.395 e. The topological polar surface area (TPSA) is 131 Å². The van der Waals surface area contributed by atoms with Crippen LogP contribution in [-0.4, -0.2) is 66.9 Å². The Hall–Kier alpha value is -3.85. The van der Waals surface area contributed by atoms with E-state index in [1.165, 1.54) is 10.7 Å².